The van der Waals surface area contributed by atoms with Gasteiger partial charge in [0.15, 0.2) is 0 Å². The molecule has 7 heteroatoms. The average Bonchev–Trinajstić information content (AvgIpc) is 2.87. The lowest BCUT2D eigenvalue weighted by molar-refractivity contribution is -0.0236. The molecule has 3 atom stereocenters. The van der Waals surface area contributed by atoms with E-state index in [1.54, 1.807) is 17.8 Å². The summed E-state index contributed by atoms with van der Waals surface area (Å²) >= 11 is 5.86. The molecule has 118 valence electrons. The Labute approximate surface area is 133 Å². The van der Waals surface area contributed by atoms with E-state index in [2.05, 4.69) is 15.6 Å². The van der Waals surface area contributed by atoms with Crippen LogP contribution in [0.15, 0.2) is 24.4 Å². The third-order valence-electron chi connectivity index (χ3n) is 4.11. The fourth-order valence-corrected chi connectivity index (χ4v) is 3.31. The lowest BCUT2D eigenvalue weighted by Gasteiger charge is -2.40. The van der Waals surface area contributed by atoms with Gasteiger partial charge in [-0.15, -0.1) is 5.10 Å². The molecule has 2 N–H and O–H groups in total. The SMILES string of the molecule is C[C@H]1C[C@@](O)(c2ccc(F)c(Cl)c2)C[C@@H](c2cn(C)nn2)N1. The van der Waals surface area contributed by atoms with Gasteiger partial charge in [-0.05, 0) is 31.0 Å². The molecule has 2 heterocycles. The lowest BCUT2D eigenvalue weighted by Crippen LogP contribution is -2.47. The molecule has 1 saturated heterocycles. The standard InChI is InChI=1S/C15H18ClFN4O/c1-9-6-15(22,10-3-4-12(17)11(16)5-10)7-13(18-9)14-8-21(2)20-19-14/h3-5,8-9,13,18,22H,6-7H2,1-2H3/t9-,13-,15-/m0/s1. The molecule has 1 fully saturated rings. The molecule has 2 aromatic rings. The predicted molar refractivity (Wildman–Crippen MR) is 80.9 cm³/mol. The Kier molecular flexibility index (Phi) is 3.92. The Morgan fingerprint density at radius 3 is 2.86 bits per heavy atom. The molecule has 1 aromatic carbocycles. The quantitative estimate of drug-likeness (QED) is 0.890. The molecular formula is C15H18ClFN4O. The van der Waals surface area contributed by atoms with E-state index in [4.69, 9.17) is 11.6 Å². The summed E-state index contributed by atoms with van der Waals surface area (Å²) in [7, 11) is 1.80. The van der Waals surface area contributed by atoms with Crippen molar-refractivity contribution in [2.75, 3.05) is 0 Å². The summed E-state index contributed by atoms with van der Waals surface area (Å²) in [5.74, 6) is -0.485. The van der Waals surface area contributed by atoms with Crippen LogP contribution >= 0.6 is 11.6 Å². The monoisotopic (exact) mass is 324 g/mol. The van der Waals surface area contributed by atoms with Gasteiger partial charge in [0.05, 0.1) is 22.4 Å². The van der Waals surface area contributed by atoms with Gasteiger partial charge in [-0.2, -0.15) is 0 Å². The molecule has 0 saturated carbocycles. The summed E-state index contributed by atoms with van der Waals surface area (Å²) in [6.07, 6.45) is 2.78. The van der Waals surface area contributed by atoms with Gasteiger partial charge >= 0.3 is 0 Å². The molecule has 0 radical (unpaired) electrons. The number of aryl methyl sites for hydroxylation is 1. The first-order chi connectivity index (χ1) is 10.4. The van der Waals surface area contributed by atoms with Gasteiger partial charge < -0.3 is 10.4 Å². The predicted octanol–water partition coefficient (Wildman–Crippen LogP) is 2.31. The van der Waals surface area contributed by atoms with Crippen molar-refractivity contribution in [2.24, 2.45) is 7.05 Å². The second-order valence-electron chi connectivity index (χ2n) is 6.01. The fourth-order valence-electron chi connectivity index (χ4n) is 3.12. The highest BCUT2D eigenvalue weighted by atomic mass is 35.5. The maximum absolute atomic E-state index is 13.4. The zero-order chi connectivity index (χ0) is 15.9. The molecule has 0 unspecified atom stereocenters. The Morgan fingerprint density at radius 2 is 2.23 bits per heavy atom. The number of hydrogen-bond acceptors (Lipinski definition) is 4. The van der Waals surface area contributed by atoms with Crippen molar-refractivity contribution < 1.29 is 9.50 Å². The second-order valence-corrected chi connectivity index (χ2v) is 6.41. The van der Waals surface area contributed by atoms with Crippen LogP contribution in [0.5, 0.6) is 0 Å². The van der Waals surface area contributed by atoms with Crippen LogP contribution in [-0.4, -0.2) is 26.1 Å². The number of nitrogens with one attached hydrogen (secondary N) is 1. The lowest BCUT2D eigenvalue weighted by atomic mass is 9.78. The molecule has 1 aliphatic heterocycles. The third-order valence-corrected chi connectivity index (χ3v) is 4.40. The van der Waals surface area contributed by atoms with Crippen molar-refractivity contribution >= 4 is 11.6 Å². The average molecular weight is 325 g/mol. The maximum Gasteiger partial charge on any atom is 0.141 e. The Morgan fingerprint density at radius 1 is 1.45 bits per heavy atom. The van der Waals surface area contributed by atoms with Gasteiger partial charge in [-0.3, -0.25) is 4.68 Å². The minimum Gasteiger partial charge on any atom is -0.385 e. The van der Waals surface area contributed by atoms with Crippen LogP contribution in [0.3, 0.4) is 0 Å². The van der Waals surface area contributed by atoms with Crippen molar-refractivity contribution in [2.45, 2.75) is 37.5 Å². The van der Waals surface area contributed by atoms with E-state index < -0.39 is 11.4 Å². The van der Waals surface area contributed by atoms with Gasteiger partial charge in [0.2, 0.25) is 0 Å². The number of hydrogen-bond donors (Lipinski definition) is 2. The largest absolute Gasteiger partial charge is 0.385 e. The van der Waals surface area contributed by atoms with Crippen LogP contribution < -0.4 is 5.32 Å². The molecule has 0 bridgehead atoms. The van der Waals surface area contributed by atoms with Gasteiger partial charge in [-0.25, -0.2) is 4.39 Å². The molecule has 1 aliphatic rings. The maximum atomic E-state index is 13.4. The number of halogens is 2. The van der Waals surface area contributed by atoms with Crippen LogP contribution in [0.1, 0.15) is 37.1 Å². The summed E-state index contributed by atoms with van der Waals surface area (Å²) in [5.41, 5.74) is 0.325. The molecule has 0 amide bonds. The van der Waals surface area contributed by atoms with Crippen LogP contribution in [-0.2, 0) is 12.6 Å². The summed E-state index contributed by atoms with van der Waals surface area (Å²) in [6, 6.07) is 4.34. The van der Waals surface area contributed by atoms with E-state index in [0.717, 1.165) is 5.69 Å². The zero-order valence-electron chi connectivity index (χ0n) is 12.4. The van der Waals surface area contributed by atoms with Crippen molar-refractivity contribution in [3.63, 3.8) is 0 Å². The number of aromatic nitrogens is 3. The Bertz CT molecular complexity index is 692. The Balaban J connectivity index is 1.93. The van der Waals surface area contributed by atoms with Crippen molar-refractivity contribution in [1.29, 1.82) is 0 Å². The number of aliphatic hydroxyl groups is 1. The highest BCUT2D eigenvalue weighted by Crippen LogP contribution is 2.40. The fraction of sp³-hybridized carbons (Fsp3) is 0.467. The zero-order valence-corrected chi connectivity index (χ0v) is 13.2. The number of nitrogens with zero attached hydrogens (tertiary/aromatic N) is 3. The third kappa shape index (κ3) is 2.86. The number of piperidine rings is 1. The topological polar surface area (TPSA) is 63.0 Å². The smallest absolute Gasteiger partial charge is 0.141 e. The summed E-state index contributed by atoms with van der Waals surface area (Å²) in [4.78, 5) is 0. The number of rotatable bonds is 2. The molecule has 3 rings (SSSR count). The molecular weight excluding hydrogens is 307 g/mol. The molecule has 22 heavy (non-hydrogen) atoms. The van der Waals surface area contributed by atoms with Crippen LogP contribution in [0.4, 0.5) is 4.39 Å². The molecule has 0 spiro atoms. The first kappa shape index (κ1) is 15.4. The first-order valence-corrected chi connectivity index (χ1v) is 7.55. The van der Waals surface area contributed by atoms with E-state index in [-0.39, 0.29) is 17.1 Å². The summed E-state index contributed by atoms with van der Waals surface area (Å²) < 4.78 is 15.0. The Hall–Kier alpha value is -1.50. The molecule has 5 nitrogen and oxygen atoms in total. The molecule has 1 aromatic heterocycles. The van der Waals surface area contributed by atoms with E-state index in [1.165, 1.54) is 12.1 Å². The molecule has 0 aliphatic carbocycles. The van der Waals surface area contributed by atoms with E-state index in [9.17, 15) is 9.50 Å². The van der Waals surface area contributed by atoms with E-state index >= 15 is 0 Å². The first-order valence-electron chi connectivity index (χ1n) is 7.17. The normalized spacial score (nSPS) is 28.8. The van der Waals surface area contributed by atoms with Crippen molar-refractivity contribution in [3.8, 4) is 0 Å². The van der Waals surface area contributed by atoms with Gasteiger partial charge in [-0.1, -0.05) is 22.9 Å². The van der Waals surface area contributed by atoms with Gasteiger partial charge in [0.25, 0.3) is 0 Å². The van der Waals surface area contributed by atoms with Gasteiger partial charge in [0.1, 0.15) is 5.82 Å². The minimum absolute atomic E-state index is 0.0214. The van der Waals surface area contributed by atoms with Crippen LogP contribution in [0, 0.1) is 5.82 Å². The van der Waals surface area contributed by atoms with Crippen LogP contribution in [0.25, 0.3) is 0 Å². The second kappa shape index (κ2) is 5.61. The summed E-state index contributed by atoms with van der Waals surface area (Å²) in [5, 5.41) is 22.6. The summed E-state index contributed by atoms with van der Waals surface area (Å²) in [6.45, 7) is 2.00. The van der Waals surface area contributed by atoms with E-state index in [0.29, 0.717) is 18.4 Å². The highest BCUT2D eigenvalue weighted by molar-refractivity contribution is 6.30. The number of benzene rings is 1. The van der Waals surface area contributed by atoms with Crippen molar-refractivity contribution in [3.05, 3.63) is 46.5 Å². The van der Waals surface area contributed by atoms with Gasteiger partial charge in [0, 0.05) is 25.7 Å². The minimum atomic E-state index is -1.08. The van der Waals surface area contributed by atoms with Crippen LogP contribution in [0.2, 0.25) is 5.02 Å². The highest BCUT2D eigenvalue weighted by Gasteiger charge is 2.40. The van der Waals surface area contributed by atoms with E-state index in [1.807, 2.05) is 13.1 Å². The van der Waals surface area contributed by atoms with Crippen molar-refractivity contribution in [1.82, 2.24) is 20.3 Å².